The van der Waals surface area contributed by atoms with Gasteiger partial charge in [0.05, 0.1) is 0 Å². The zero-order chi connectivity index (χ0) is 11.6. The van der Waals surface area contributed by atoms with Crippen LogP contribution in [-0.4, -0.2) is 29.4 Å². The third-order valence-corrected chi connectivity index (χ3v) is 4.20. The molecule has 1 saturated heterocycles. The first kappa shape index (κ1) is 14.5. The van der Waals surface area contributed by atoms with Gasteiger partial charge in [-0.15, -0.1) is 0 Å². The van der Waals surface area contributed by atoms with E-state index in [0.29, 0.717) is 0 Å². The van der Waals surface area contributed by atoms with Crippen molar-refractivity contribution in [3.63, 3.8) is 0 Å². The van der Waals surface area contributed by atoms with Gasteiger partial charge in [-0.25, -0.2) is 0 Å². The lowest BCUT2D eigenvalue weighted by atomic mass is 9.99. The zero-order valence-corrected chi connectivity index (χ0v) is 12.5. The summed E-state index contributed by atoms with van der Waals surface area (Å²) in [5.41, 5.74) is 0. The average Bonchev–Trinajstić information content (AvgIpc) is 2.31. The molecule has 0 radical (unpaired) electrons. The Kier molecular flexibility index (Phi) is 8.58. The fraction of sp³-hybridized carbons (Fsp3) is 1.00. The average molecular weight is 290 g/mol. The second kappa shape index (κ2) is 9.47. The third-order valence-electron chi connectivity index (χ3n) is 3.74. The molecule has 0 spiro atoms. The lowest BCUT2D eigenvalue weighted by Crippen LogP contribution is -2.40. The van der Waals surface area contributed by atoms with Crippen LogP contribution in [0.1, 0.15) is 64.7 Å². The Morgan fingerprint density at radius 3 is 2.69 bits per heavy atom. The van der Waals surface area contributed by atoms with Crippen molar-refractivity contribution in [2.75, 3.05) is 18.4 Å². The van der Waals surface area contributed by atoms with Crippen molar-refractivity contribution in [3.05, 3.63) is 0 Å². The summed E-state index contributed by atoms with van der Waals surface area (Å²) in [5, 5.41) is 1.17. The molecule has 0 aromatic rings. The van der Waals surface area contributed by atoms with Crippen LogP contribution in [0.4, 0.5) is 0 Å². The number of nitrogens with zero attached hydrogens (tertiary/aromatic N) is 1. The van der Waals surface area contributed by atoms with Crippen LogP contribution >= 0.6 is 15.9 Å². The molecule has 0 bridgehead atoms. The summed E-state index contributed by atoms with van der Waals surface area (Å²) < 4.78 is 0. The Morgan fingerprint density at radius 1 is 1.12 bits per heavy atom. The summed E-state index contributed by atoms with van der Waals surface area (Å²) in [6, 6.07) is 0.874. The van der Waals surface area contributed by atoms with Crippen molar-refractivity contribution in [3.8, 4) is 0 Å². The minimum absolute atomic E-state index is 0.874. The van der Waals surface area contributed by atoms with E-state index < -0.39 is 0 Å². The van der Waals surface area contributed by atoms with Crippen LogP contribution in [0.5, 0.6) is 0 Å². The number of hydrogen-bond acceptors (Lipinski definition) is 1. The number of rotatable bonds is 8. The van der Waals surface area contributed by atoms with E-state index in [-0.39, 0.29) is 0 Å². The second-order valence-corrected chi connectivity index (χ2v) is 5.87. The van der Waals surface area contributed by atoms with Crippen molar-refractivity contribution >= 4 is 15.9 Å². The summed E-state index contributed by atoms with van der Waals surface area (Å²) >= 11 is 3.59. The van der Waals surface area contributed by atoms with Crippen molar-refractivity contribution < 1.29 is 0 Å². The summed E-state index contributed by atoms with van der Waals surface area (Å²) in [5.74, 6) is 0. The minimum Gasteiger partial charge on any atom is -0.300 e. The highest BCUT2D eigenvalue weighted by molar-refractivity contribution is 9.09. The molecule has 0 aliphatic carbocycles. The molecule has 1 rings (SSSR count). The van der Waals surface area contributed by atoms with Crippen LogP contribution in [-0.2, 0) is 0 Å². The molecule has 0 amide bonds. The SMILES string of the molecule is CCCCCCCN1CCCCC1CCBr. The van der Waals surface area contributed by atoms with Gasteiger partial charge in [0.15, 0.2) is 0 Å². The van der Waals surface area contributed by atoms with Crippen LogP contribution in [0, 0.1) is 0 Å². The lowest BCUT2D eigenvalue weighted by Gasteiger charge is -2.35. The van der Waals surface area contributed by atoms with Gasteiger partial charge in [-0.3, -0.25) is 0 Å². The Hall–Kier alpha value is 0.440. The first-order valence-electron chi connectivity index (χ1n) is 7.18. The number of unbranched alkanes of at least 4 members (excludes halogenated alkanes) is 4. The molecule has 1 atom stereocenters. The van der Waals surface area contributed by atoms with E-state index in [2.05, 4.69) is 27.8 Å². The van der Waals surface area contributed by atoms with Crippen molar-refractivity contribution in [1.29, 1.82) is 0 Å². The molecule has 1 aliphatic heterocycles. The largest absolute Gasteiger partial charge is 0.300 e. The molecule has 0 aromatic heterocycles. The molecule has 1 nitrogen and oxygen atoms in total. The number of piperidine rings is 1. The van der Waals surface area contributed by atoms with Crippen LogP contribution in [0.2, 0.25) is 0 Å². The Morgan fingerprint density at radius 2 is 1.94 bits per heavy atom. The van der Waals surface area contributed by atoms with Gasteiger partial charge in [0, 0.05) is 11.4 Å². The number of halogens is 1. The van der Waals surface area contributed by atoms with E-state index in [0.717, 1.165) is 6.04 Å². The van der Waals surface area contributed by atoms with Gasteiger partial charge in [-0.05, 0) is 38.8 Å². The van der Waals surface area contributed by atoms with Crippen LogP contribution < -0.4 is 0 Å². The van der Waals surface area contributed by atoms with E-state index in [1.165, 1.54) is 76.2 Å². The fourth-order valence-electron chi connectivity index (χ4n) is 2.73. The number of alkyl halides is 1. The van der Waals surface area contributed by atoms with Crippen LogP contribution in [0.25, 0.3) is 0 Å². The molecule has 0 aromatic carbocycles. The first-order valence-corrected chi connectivity index (χ1v) is 8.30. The molecule has 16 heavy (non-hydrogen) atoms. The smallest absolute Gasteiger partial charge is 0.0103 e. The second-order valence-electron chi connectivity index (χ2n) is 5.08. The summed E-state index contributed by atoms with van der Waals surface area (Å²) in [6.45, 7) is 4.99. The summed E-state index contributed by atoms with van der Waals surface area (Å²) in [6.07, 6.45) is 12.7. The molecule has 1 heterocycles. The van der Waals surface area contributed by atoms with E-state index >= 15 is 0 Å². The van der Waals surface area contributed by atoms with Gasteiger partial charge in [0.2, 0.25) is 0 Å². The monoisotopic (exact) mass is 289 g/mol. The molecule has 2 heteroatoms. The van der Waals surface area contributed by atoms with Gasteiger partial charge in [0.25, 0.3) is 0 Å². The minimum atomic E-state index is 0.874. The van der Waals surface area contributed by atoms with E-state index in [9.17, 15) is 0 Å². The lowest BCUT2D eigenvalue weighted by molar-refractivity contribution is 0.142. The Labute approximate surface area is 110 Å². The molecule has 1 unspecified atom stereocenters. The molecule has 0 saturated carbocycles. The van der Waals surface area contributed by atoms with Crippen molar-refractivity contribution in [1.82, 2.24) is 4.90 Å². The first-order chi connectivity index (χ1) is 7.88. The van der Waals surface area contributed by atoms with Crippen molar-refractivity contribution in [2.24, 2.45) is 0 Å². The van der Waals surface area contributed by atoms with Crippen LogP contribution in [0.3, 0.4) is 0 Å². The summed E-state index contributed by atoms with van der Waals surface area (Å²) in [4.78, 5) is 2.75. The molecule has 1 fully saturated rings. The third kappa shape index (κ3) is 5.67. The normalized spacial score (nSPS) is 22.5. The Bertz CT molecular complexity index is 159. The van der Waals surface area contributed by atoms with Gasteiger partial charge >= 0.3 is 0 Å². The highest BCUT2D eigenvalue weighted by Crippen LogP contribution is 2.21. The van der Waals surface area contributed by atoms with Crippen molar-refractivity contribution in [2.45, 2.75) is 70.8 Å². The predicted octanol–water partition coefficient (Wildman–Crippen LogP) is 4.60. The van der Waals surface area contributed by atoms with E-state index in [1.807, 2.05) is 0 Å². The molecular formula is C14H28BrN. The number of hydrogen-bond donors (Lipinski definition) is 0. The predicted molar refractivity (Wildman–Crippen MR) is 76.4 cm³/mol. The van der Waals surface area contributed by atoms with Gasteiger partial charge in [-0.1, -0.05) is 55.0 Å². The maximum atomic E-state index is 3.59. The zero-order valence-electron chi connectivity index (χ0n) is 10.9. The quantitative estimate of drug-likeness (QED) is 0.466. The van der Waals surface area contributed by atoms with Crippen LogP contribution in [0.15, 0.2) is 0 Å². The van der Waals surface area contributed by atoms with Gasteiger partial charge in [-0.2, -0.15) is 0 Å². The van der Waals surface area contributed by atoms with Gasteiger partial charge in [0.1, 0.15) is 0 Å². The molecule has 96 valence electrons. The molecule has 0 N–H and O–H groups in total. The Balaban J connectivity index is 2.11. The molecule has 1 aliphatic rings. The maximum Gasteiger partial charge on any atom is 0.0103 e. The molecular weight excluding hydrogens is 262 g/mol. The van der Waals surface area contributed by atoms with E-state index in [4.69, 9.17) is 0 Å². The standard InChI is InChI=1S/C14H28BrN/c1-2-3-4-5-7-12-16-13-8-6-9-14(16)10-11-15/h14H,2-13H2,1H3. The summed E-state index contributed by atoms with van der Waals surface area (Å²) in [7, 11) is 0. The fourth-order valence-corrected chi connectivity index (χ4v) is 3.25. The maximum absolute atomic E-state index is 3.59. The van der Waals surface area contributed by atoms with Gasteiger partial charge < -0.3 is 4.90 Å². The van der Waals surface area contributed by atoms with E-state index in [1.54, 1.807) is 0 Å². The number of likely N-dealkylation sites (tertiary alicyclic amines) is 1. The highest BCUT2D eigenvalue weighted by atomic mass is 79.9. The highest BCUT2D eigenvalue weighted by Gasteiger charge is 2.20. The topological polar surface area (TPSA) is 3.24 Å².